The molecule has 2 aromatic heterocycles. The van der Waals surface area contributed by atoms with Gasteiger partial charge in [0.1, 0.15) is 5.69 Å². The minimum atomic E-state index is -0.248. The van der Waals surface area contributed by atoms with Gasteiger partial charge in [-0.05, 0) is 61.8 Å². The van der Waals surface area contributed by atoms with Gasteiger partial charge in [0.15, 0.2) is 0 Å². The van der Waals surface area contributed by atoms with E-state index < -0.39 is 0 Å². The zero-order chi connectivity index (χ0) is 19.8. The third-order valence-electron chi connectivity index (χ3n) is 6.16. The maximum Gasteiger partial charge on any atom is 0.100 e. The number of aryl methyl sites for hydroxylation is 1. The maximum absolute atomic E-state index is 10.1. The summed E-state index contributed by atoms with van der Waals surface area (Å²) in [6, 6.07) is 10.5. The van der Waals surface area contributed by atoms with Gasteiger partial charge < -0.3 is 10.3 Å². The maximum atomic E-state index is 10.1. The van der Waals surface area contributed by atoms with Crippen molar-refractivity contribution in [2.75, 3.05) is 0 Å². The van der Waals surface area contributed by atoms with Crippen molar-refractivity contribution in [1.29, 1.82) is 0 Å². The molecular weight excluding hydrogens is 364 g/mol. The highest BCUT2D eigenvalue weighted by molar-refractivity contribution is 6.04. The first-order chi connectivity index (χ1) is 14.2. The normalized spacial score (nSPS) is 22.7. The number of fused-ring (bicyclic) bond motifs is 1. The van der Waals surface area contributed by atoms with Crippen LogP contribution in [0.3, 0.4) is 0 Å². The van der Waals surface area contributed by atoms with Crippen molar-refractivity contribution in [3.05, 3.63) is 60.0 Å². The fourth-order valence-electron chi connectivity index (χ4n) is 4.63. The Morgan fingerprint density at radius 2 is 1.86 bits per heavy atom. The van der Waals surface area contributed by atoms with Crippen LogP contribution >= 0.6 is 0 Å². The molecular formula is C23H24N4O2. The lowest BCUT2D eigenvalue weighted by Gasteiger charge is -2.26. The largest absolute Gasteiger partial charge is 0.411 e. The number of rotatable bonds is 3. The zero-order valence-electron chi connectivity index (χ0n) is 16.2. The molecule has 5 rings (SSSR count). The minimum Gasteiger partial charge on any atom is -0.411 e. The van der Waals surface area contributed by atoms with Crippen LogP contribution in [0.15, 0.2) is 54.1 Å². The average molecular weight is 388 g/mol. The number of aliphatic hydroxyl groups excluding tert-OH is 1. The second-order valence-corrected chi connectivity index (χ2v) is 8.00. The molecule has 2 aliphatic rings. The molecule has 2 heterocycles. The molecule has 0 aliphatic heterocycles. The molecule has 0 bridgehead atoms. The molecule has 2 N–H and O–H groups in total. The second-order valence-electron chi connectivity index (χ2n) is 8.00. The van der Waals surface area contributed by atoms with Crippen LogP contribution in [-0.4, -0.2) is 36.9 Å². The Bertz CT molecular complexity index is 1060. The lowest BCUT2D eigenvalue weighted by Crippen LogP contribution is -2.22. The van der Waals surface area contributed by atoms with E-state index in [4.69, 9.17) is 5.10 Å². The van der Waals surface area contributed by atoms with Crippen LogP contribution in [0.2, 0.25) is 0 Å². The smallest absolute Gasteiger partial charge is 0.100 e. The first-order valence-corrected chi connectivity index (χ1v) is 10.2. The highest BCUT2D eigenvalue weighted by Crippen LogP contribution is 2.37. The molecule has 0 radical (unpaired) electrons. The Morgan fingerprint density at radius 3 is 2.66 bits per heavy atom. The number of hydrogen-bond acceptors (Lipinski definition) is 5. The van der Waals surface area contributed by atoms with Gasteiger partial charge >= 0.3 is 0 Å². The number of oxime groups is 1. The van der Waals surface area contributed by atoms with Crippen LogP contribution in [0.4, 0.5) is 0 Å². The molecule has 148 valence electrons. The Balaban J connectivity index is 1.60. The summed E-state index contributed by atoms with van der Waals surface area (Å²) < 4.78 is 2.04. The van der Waals surface area contributed by atoms with Crippen molar-refractivity contribution >= 4 is 5.71 Å². The molecule has 0 saturated heterocycles. The van der Waals surface area contributed by atoms with E-state index in [0.717, 1.165) is 72.2 Å². The lowest BCUT2D eigenvalue weighted by molar-refractivity contribution is 0.100. The number of hydrogen-bond donors (Lipinski definition) is 2. The van der Waals surface area contributed by atoms with E-state index in [0.29, 0.717) is 0 Å². The SMILES string of the molecule is O/N=C1/CCc2cc(-c3cn([C@@H]4CCC[C@@H](O)C4)nc3-c3ccncc3)ccc21. The molecule has 3 aromatic rings. The molecule has 1 aromatic carbocycles. The molecule has 0 unspecified atom stereocenters. The van der Waals surface area contributed by atoms with Crippen LogP contribution in [0.5, 0.6) is 0 Å². The van der Waals surface area contributed by atoms with Crippen molar-refractivity contribution in [2.24, 2.45) is 5.16 Å². The van der Waals surface area contributed by atoms with Gasteiger partial charge in [0.2, 0.25) is 0 Å². The number of aliphatic hydroxyl groups is 1. The predicted molar refractivity (Wildman–Crippen MR) is 111 cm³/mol. The summed E-state index contributed by atoms with van der Waals surface area (Å²) in [6.07, 6.45) is 10.8. The van der Waals surface area contributed by atoms with E-state index in [1.807, 2.05) is 22.9 Å². The summed E-state index contributed by atoms with van der Waals surface area (Å²) in [6.45, 7) is 0. The highest BCUT2D eigenvalue weighted by Gasteiger charge is 2.25. The summed E-state index contributed by atoms with van der Waals surface area (Å²) in [4.78, 5) is 4.14. The second kappa shape index (κ2) is 7.44. The zero-order valence-corrected chi connectivity index (χ0v) is 16.2. The van der Waals surface area contributed by atoms with Gasteiger partial charge in [-0.3, -0.25) is 9.67 Å². The predicted octanol–water partition coefficient (Wildman–Crippen LogP) is 4.21. The summed E-state index contributed by atoms with van der Waals surface area (Å²) in [7, 11) is 0. The average Bonchev–Trinajstić information content (AvgIpc) is 3.38. The first-order valence-electron chi connectivity index (χ1n) is 10.2. The molecule has 2 atom stereocenters. The van der Waals surface area contributed by atoms with Crippen molar-refractivity contribution in [1.82, 2.24) is 14.8 Å². The van der Waals surface area contributed by atoms with Gasteiger partial charge in [-0.25, -0.2) is 0 Å². The number of nitrogens with zero attached hydrogens (tertiary/aromatic N) is 4. The topological polar surface area (TPSA) is 83.5 Å². The van der Waals surface area contributed by atoms with Gasteiger partial charge in [0.25, 0.3) is 0 Å². The fraction of sp³-hybridized carbons (Fsp3) is 0.348. The molecule has 0 amide bonds. The van der Waals surface area contributed by atoms with E-state index in [-0.39, 0.29) is 12.1 Å². The molecule has 1 saturated carbocycles. The van der Waals surface area contributed by atoms with E-state index in [1.165, 1.54) is 5.56 Å². The van der Waals surface area contributed by atoms with Crippen LogP contribution in [-0.2, 0) is 6.42 Å². The van der Waals surface area contributed by atoms with E-state index in [9.17, 15) is 10.3 Å². The van der Waals surface area contributed by atoms with Gasteiger partial charge in [-0.1, -0.05) is 23.4 Å². The summed E-state index contributed by atoms with van der Waals surface area (Å²) in [5, 5.41) is 27.7. The Kier molecular flexibility index (Phi) is 4.64. The monoisotopic (exact) mass is 388 g/mol. The number of benzene rings is 1. The quantitative estimate of drug-likeness (QED) is 0.520. The van der Waals surface area contributed by atoms with Gasteiger partial charge in [-0.2, -0.15) is 5.10 Å². The molecule has 29 heavy (non-hydrogen) atoms. The summed E-state index contributed by atoms with van der Waals surface area (Å²) in [5.41, 5.74) is 7.14. The fourth-order valence-corrected chi connectivity index (χ4v) is 4.63. The van der Waals surface area contributed by atoms with Crippen molar-refractivity contribution in [2.45, 2.75) is 50.7 Å². The Hall–Kier alpha value is -2.99. The van der Waals surface area contributed by atoms with E-state index in [2.05, 4.69) is 28.5 Å². The third kappa shape index (κ3) is 3.34. The first kappa shape index (κ1) is 18.1. The van der Waals surface area contributed by atoms with Crippen LogP contribution in [0.1, 0.15) is 49.3 Å². The number of pyridine rings is 1. The van der Waals surface area contributed by atoms with Crippen molar-refractivity contribution in [3.8, 4) is 22.4 Å². The number of aromatic nitrogens is 3. The molecule has 6 nitrogen and oxygen atoms in total. The van der Waals surface area contributed by atoms with Gasteiger partial charge in [-0.15, -0.1) is 0 Å². The Labute approximate surface area is 169 Å². The summed E-state index contributed by atoms with van der Waals surface area (Å²) >= 11 is 0. The van der Waals surface area contributed by atoms with Crippen molar-refractivity contribution < 1.29 is 10.3 Å². The summed E-state index contributed by atoms with van der Waals surface area (Å²) in [5.74, 6) is 0. The van der Waals surface area contributed by atoms with Crippen LogP contribution in [0, 0.1) is 0 Å². The van der Waals surface area contributed by atoms with E-state index >= 15 is 0 Å². The van der Waals surface area contributed by atoms with Gasteiger partial charge in [0.05, 0.1) is 17.9 Å². The third-order valence-corrected chi connectivity index (χ3v) is 6.16. The lowest BCUT2D eigenvalue weighted by atomic mass is 9.93. The van der Waals surface area contributed by atoms with Crippen molar-refractivity contribution in [3.63, 3.8) is 0 Å². The van der Waals surface area contributed by atoms with E-state index in [1.54, 1.807) is 12.4 Å². The molecule has 6 heteroatoms. The van der Waals surface area contributed by atoms with Gasteiger partial charge in [0, 0.05) is 35.3 Å². The molecule has 2 aliphatic carbocycles. The standard InChI is InChI=1S/C23H24N4O2/c28-19-3-1-2-18(13-19)27-14-21(23(25-27)15-8-10-24-11-9-15)17-4-6-20-16(12-17)5-7-22(20)26-29/h4,6,8-12,14,18-19,28-29H,1-3,5,7,13H2/b26-22-/t18-,19-/m1/s1. The minimum absolute atomic E-state index is 0.218. The highest BCUT2D eigenvalue weighted by atomic mass is 16.4. The Morgan fingerprint density at radius 1 is 1.00 bits per heavy atom. The van der Waals surface area contributed by atoms with Crippen LogP contribution in [0.25, 0.3) is 22.4 Å². The van der Waals surface area contributed by atoms with Crippen LogP contribution < -0.4 is 0 Å². The molecule has 0 spiro atoms. The molecule has 1 fully saturated rings.